The number of carboxylic acid groups (broad SMARTS) is 2. The second-order valence-electron chi connectivity index (χ2n) is 4.34. The van der Waals surface area contributed by atoms with Crippen LogP contribution in [0.3, 0.4) is 0 Å². The Morgan fingerprint density at radius 3 is 2.45 bits per heavy atom. The van der Waals surface area contributed by atoms with E-state index < -0.39 is 23.2 Å². The van der Waals surface area contributed by atoms with E-state index in [4.69, 9.17) is 27.5 Å². The van der Waals surface area contributed by atoms with Gasteiger partial charge in [-0.05, 0) is 18.6 Å². The Kier molecular flexibility index (Phi) is 5.12. The molecule has 1 unspecified atom stereocenters. The summed E-state index contributed by atoms with van der Waals surface area (Å²) in [5.74, 6) is -2.76. The molecule has 1 rings (SSSR count). The molecule has 0 amide bonds. The lowest BCUT2D eigenvalue weighted by Crippen LogP contribution is -2.47. The minimum absolute atomic E-state index is 0.0287. The van der Waals surface area contributed by atoms with Gasteiger partial charge in [-0.15, -0.1) is 0 Å². The molecule has 0 heterocycles. The molecule has 0 aliphatic heterocycles. The third-order valence-electron chi connectivity index (χ3n) is 2.79. The quantitative estimate of drug-likeness (QED) is 0.586. The molecule has 1 aromatic carbocycles. The smallest absolute Gasteiger partial charge is 0.352 e. The molecule has 108 valence electrons. The maximum absolute atomic E-state index is 11.1. The molecule has 0 aliphatic rings. The van der Waals surface area contributed by atoms with E-state index in [9.17, 15) is 9.59 Å². The van der Waals surface area contributed by atoms with Gasteiger partial charge in [0.25, 0.3) is 0 Å². The number of nitrogens with one attached hydrogen (secondary N) is 1. The van der Waals surface area contributed by atoms with Crippen LogP contribution in [0, 0.1) is 0 Å². The van der Waals surface area contributed by atoms with Gasteiger partial charge in [0, 0.05) is 11.6 Å². The van der Waals surface area contributed by atoms with Gasteiger partial charge in [-0.3, -0.25) is 0 Å². The highest BCUT2D eigenvalue weighted by atomic mass is 35.5. The number of carboxylic acids is 2. The van der Waals surface area contributed by atoms with E-state index >= 15 is 0 Å². The van der Waals surface area contributed by atoms with Crippen molar-refractivity contribution in [3.63, 3.8) is 0 Å². The number of benzene rings is 1. The Hall–Kier alpha value is -2.05. The molecule has 0 saturated heterocycles. The molecule has 0 radical (unpaired) electrons. The largest absolute Gasteiger partial charge is 0.478 e. The predicted octanol–water partition coefficient (Wildman–Crippen LogP) is 1.16. The summed E-state index contributed by atoms with van der Waals surface area (Å²) in [5, 5.41) is 20.8. The summed E-state index contributed by atoms with van der Waals surface area (Å²) >= 11 is 6.08. The topological polar surface area (TPSA) is 113 Å². The highest BCUT2D eigenvalue weighted by Crippen LogP contribution is 2.28. The number of halogens is 1. The lowest BCUT2D eigenvalue weighted by Gasteiger charge is -2.32. The van der Waals surface area contributed by atoms with E-state index in [1.54, 1.807) is 31.2 Å². The van der Waals surface area contributed by atoms with Crippen LogP contribution < -0.4 is 11.1 Å². The van der Waals surface area contributed by atoms with E-state index in [-0.39, 0.29) is 6.54 Å². The zero-order chi connectivity index (χ0) is 15.3. The molecule has 0 fully saturated rings. The van der Waals surface area contributed by atoms with E-state index in [2.05, 4.69) is 5.32 Å². The number of hydrogen-bond donors (Lipinski definition) is 4. The van der Waals surface area contributed by atoms with Gasteiger partial charge in [-0.1, -0.05) is 29.8 Å². The fourth-order valence-corrected chi connectivity index (χ4v) is 2.05. The van der Waals surface area contributed by atoms with Gasteiger partial charge in [0.2, 0.25) is 0 Å². The first-order valence-corrected chi connectivity index (χ1v) is 6.09. The third-order valence-corrected chi connectivity index (χ3v) is 3.11. The molecule has 0 aromatic heterocycles. The number of hydrogen-bond acceptors (Lipinski definition) is 4. The van der Waals surface area contributed by atoms with Crippen molar-refractivity contribution < 1.29 is 19.8 Å². The van der Waals surface area contributed by atoms with Gasteiger partial charge in [-0.25, -0.2) is 9.59 Å². The fraction of sp³-hybridized carbons (Fsp3) is 0.231. The zero-order valence-electron chi connectivity index (χ0n) is 10.8. The van der Waals surface area contributed by atoms with Crippen LogP contribution in [0.4, 0.5) is 0 Å². The number of carbonyl (C=O) groups is 2. The fourth-order valence-electron chi connectivity index (χ4n) is 1.71. The minimum Gasteiger partial charge on any atom is -0.478 e. The van der Waals surface area contributed by atoms with Crippen LogP contribution in [-0.4, -0.2) is 28.7 Å². The van der Waals surface area contributed by atoms with E-state index in [1.165, 1.54) is 0 Å². The molecule has 0 saturated carbocycles. The Balaban J connectivity index is 3.21. The second kappa shape index (κ2) is 6.40. The lowest BCUT2D eigenvalue weighted by atomic mass is 9.91. The predicted molar refractivity (Wildman–Crippen MR) is 74.3 cm³/mol. The van der Waals surface area contributed by atoms with E-state index in [0.717, 1.165) is 0 Å². The Morgan fingerprint density at radius 1 is 1.40 bits per heavy atom. The van der Waals surface area contributed by atoms with Crippen LogP contribution >= 0.6 is 11.6 Å². The summed E-state index contributed by atoms with van der Waals surface area (Å²) in [6.45, 7) is 1.67. The minimum atomic E-state index is -1.39. The van der Waals surface area contributed by atoms with Gasteiger partial charge in [0.1, 0.15) is 5.70 Å². The first kappa shape index (κ1) is 16.0. The summed E-state index contributed by atoms with van der Waals surface area (Å²) in [5.41, 5.74) is 4.81. The number of nitrogens with two attached hydrogens (primary N) is 1. The Labute approximate surface area is 120 Å². The van der Waals surface area contributed by atoms with Crippen molar-refractivity contribution >= 4 is 23.5 Å². The Bertz CT molecular complexity index is 559. The van der Waals surface area contributed by atoms with Gasteiger partial charge in [-0.2, -0.15) is 0 Å². The Morgan fingerprint density at radius 2 is 2.00 bits per heavy atom. The van der Waals surface area contributed by atoms with Crippen molar-refractivity contribution in [3.05, 3.63) is 46.6 Å². The summed E-state index contributed by atoms with van der Waals surface area (Å²) < 4.78 is 0. The lowest BCUT2D eigenvalue weighted by molar-refractivity contribution is -0.135. The van der Waals surface area contributed by atoms with E-state index in [1.807, 2.05) is 0 Å². The van der Waals surface area contributed by atoms with Crippen molar-refractivity contribution in [2.75, 3.05) is 6.54 Å². The maximum atomic E-state index is 11.1. The van der Waals surface area contributed by atoms with Crippen molar-refractivity contribution in [1.29, 1.82) is 0 Å². The first-order valence-electron chi connectivity index (χ1n) is 5.71. The van der Waals surface area contributed by atoms with Crippen LogP contribution in [-0.2, 0) is 15.1 Å². The number of aliphatic carboxylic acids is 2. The summed E-state index contributed by atoms with van der Waals surface area (Å²) in [4.78, 5) is 21.7. The molecule has 0 aliphatic carbocycles. The van der Waals surface area contributed by atoms with Crippen LogP contribution in [0.25, 0.3) is 0 Å². The standard InChI is InChI=1S/C13H15ClN2O4/c1-13(7-15,8-4-2-3-5-9(8)14)16-10(12(19)20)6-11(17)18/h2-6,16H,7,15H2,1H3,(H,17,18)(H,19,20)/b10-6-. The summed E-state index contributed by atoms with van der Waals surface area (Å²) in [7, 11) is 0. The van der Waals surface area contributed by atoms with Crippen LogP contribution in [0.5, 0.6) is 0 Å². The molecule has 5 N–H and O–H groups in total. The van der Waals surface area contributed by atoms with Crippen molar-refractivity contribution in [2.24, 2.45) is 5.73 Å². The normalized spacial score (nSPS) is 14.4. The molecule has 0 spiro atoms. The van der Waals surface area contributed by atoms with Gasteiger partial charge in [0.05, 0.1) is 11.6 Å². The highest BCUT2D eigenvalue weighted by Gasteiger charge is 2.29. The molecular weight excluding hydrogens is 284 g/mol. The molecule has 0 bridgehead atoms. The van der Waals surface area contributed by atoms with Crippen LogP contribution in [0.15, 0.2) is 36.0 Å². The molecule has 1 atom stereocenters. The average molecular weight is 299 g/mol. The second-order valence-corrected chi connectivity index (χ2v) is 4.75. The molecule has 6 nitrogen and oxygen atoms in total. The molecule has 7 heteroatoms. The third kappa shape index (κ3) is 3.72. The van der Waals surface area contributed by atoms with Crippen molar-refractivity contribution in [2.45, 2.75) is 12.5 Å². The van der Waals surface area contributed by atoms with Crippen LogP contribution in [0.2, 0.25) is 5.02 Å². The SMILES string of the molecule is CC(CN)(N/C(=C\C(=O)O)C(=O)O)c1ccccc1Cl. The maximum Gasteiger partial charge on any atom is 0.352 e. The summed E-state index contributed by atoms with van der Waals surface area (Å²) in [6, 6.07) is 6.81. The monoisotopic (exact) mass is 298 g/mol. The first-order chi connectivity index (χ1) is 9.30. The summed E-state index contributed by atoms with van der Waals surface area (Å²) in [6.07, 6.45) is 0.576. The van der Waals surface area contributed by atoms with Crippen LogP contribution in [0.1, 0.15) is 12.5 Å². The molecular formula is C13H15ClN2O4. The zero-order valence-corrected chi connectivity index (χ0v) is 11.5. The van der Waals surface area contributed by atoms with Crippen molar-refractivity contribution in [1.82, 2.24) is 5.32 Å². The van der Waals surface area contributed by atoms with E-state index in [0.29, 0.717) is 16.7 Å². The van der Waals surface area contributed by atoms with Crippen molar-refractivity contribution in [3.8, 4) is 0 Å². The molecule has 20 heavy (non-hydrogen) atoms. The van der Waals surface area contributed by atoms with Gasteiger partial charge < -0.3 is 21.3 Å². The van der Waals surface area contributed by atoms with Gasteiger partial charge >= 0.3 is 11.9 Å². The highest BCUT2D eigenvalue weighted by molar-refractivity contribution is 6.31. The van der Waals surface area contributed by atoms with Gasteiger partial charge in [0.15, 0.2) is 0 Å². The average Bonchev–Trinajstić information content (AvgIpc) is 2.37. The molecule has 1 aromatic rings. The number of rotatable bonds is 6.